The van der Waals surface area contributed by atoms with E-state index in [2.05, 4.69) is 25.9 Å². The Bertz CT molecular complexity index is 784. The van der Waals surface area contributed by atoms with Gasteiger partial charge in [-0.05, 0) is 34.1 Å². The van der Waals surface area contributed by atoms with Crippen LogP contribution in [0.25, 0.3) is 22.4 Å². The molecular formula is C14H7BrF4N2. The molecule has 0 aliphatic rings. The summed E-state index contributed by atoms with van der Waals surface area (Å²) >= 11 is 3.04. The summed E-state index contributed by atoms with van der Waals surface area (Å²) in [6.07, 6.45) is -4.42. The van der Waals surface area contributed by atoms with Crippen LogP contribution in [-0.4, -0.2) is 9.97 Å². The molecule has 0 aliphatic heterocycles. The second-order valence-corrected chi connectivity index (χ2v) is 5.30. The molecule has 0 unspecified atom stereocenters. The summed E-state index contributed by atoms with van der Waals surface area (Å²) in [4.78, 5) is 7.01. The predicted octanol–water partition coefficient (Wildman–Crippen LogP) is 5.15. The van der Waals surface area contributed by atoms with Gasteiger partial charge in [0, 0.05) is 11.6 Å². The molecule has 0 saturated carbocycles. The van der Waals surface area contributed by atoms with Crippen molar-refractivity contribution in [3.63, 3.8) is 0 Å². The second-order valence-electron chi connectivity index (χ2n) is 4.45. The van der Waals surface area contributed by atoms with Gasteiger partial charge in [-0.3, -0.25) is 0 Å². The van der Waals surface area contributed by atoms with Crippen molar-refractivity contribution in [2.45, 2.75) is 6.18 Å². The quantitative estimate of drug-likeness (QED) is 0.598. The van der Waals surface area contributed by atoms with Gasteiger partial charge in [0.2, 0.25) is 0 Å². The number of nitrogens with one attached hydrogen (secondary N) is 1. The number of hydrogen-bond acceptors (Lipinski definition) is 1. The number of halogens is 5. The van der Waals surface area contributed by atoms with Crippen molar-refractivity contribution < 1.29 is 17.6 Å². The number of benzene rings is 2. The molecule has 0 spiro atoms. The molecule has 1 aromatic heterocycles. The van der Waals surface area contributed by atoms with E-state index in [9.17, 15) is 17.6 Å². The van der Waals surface area contributed by atoms with Crippen LogP contribution in [-0.2, 0) is 6.18 Å². The van der Waals surface area contributed by atoms with E-state index in [0.717, 1.165) is 12.1 Å². The lowest BCUT2D eigenvalue weighted by Gasteiger charge is -2.07. The second kappa shape index (κ2) is 4.84. The Morgan fingerprint density at radius 3 is 2.57 bits per heavy atom. The fourth-order valence-electron chi connectivity index (χ4n) is 1.98. The summed E-state index contributed by atoms with van der Waals surface area (Å²) in [7, 11) is 0. The normalized spacial score (nSPS) is 12.0. The monoisotopic (exact) mass is 358 g/mol. The van der Waals surface area contributed by atoms with Crippen LogP contribution in [0.3, 0.4) is 0 Å². The largest absolute Gasteiger partial charge is 0.416 e. The molecule has 3 aromatic rings. The highest BCUT2D eigenvalue weighted by Gasteiger charge is 2.30. The molecule has 7 heteroatoms. The molecule has 1 heterocycles. The SMILES string of the molecule is Fc1cc2[nH]c(-c3cccc(C(F)(F)F)c3)nc2cc1Br. The molecule has 0 atom stereocenters. The van der Waals surface area contributed by atoms with Crippen LogP contribution in [0, 0.1) is 5.82 Å². The van der Waals surface area contributed by atoms with Gasteiger partial charge in [0.05, 0.1) is 21.1 Å². The Kier molecular flexibility index (Phi) is 3.24. The lowest BCUT2D eigenvalue weighted by molar-refractivity contribution is -0.137. The summed E-state index contributed by atoms with van der Waals surface area (Å²) in [6.45, 7) is 0. The molecule has 0 aliphatic carbocycles. The van der Waals surface area contributed by atoms with Crippen molar-refractivity contribution >= 4 is 27.0 Å². The minimum absolute atomic E-state index is 0.247. The van der Waals surface area contributed by atoms with Crippen LogP contribution < -0.4 is 0 Å². The molecule has 0 fully saturated rings. The summed E-state index contributed by atoms with van der Waals surface area (Å²) in [5.74, 6) is -0.213. The van der Waals surface area contributed by atoms with E-state index in [4.69, 9.17) is 0 Å². The van der Waals surface area contributed by atoms with Crippen molar-refractivity contribution in [2.24, 2.45) is 0 Å². The van der Waals surface area contributed by atoms with Gasteiger partial charge in [-0.2, -0.15) is 13.2 Å². The lowest BCUT2D eigenvalue weighted by atomic mass is 10.1. The third kappa shape index (κ3) is 2.65. The minimum atomic E-state index is -4.42. The Balaban J connectivity index is 2.12. The zero-order valence-corrected chi connectivity index (χ0v) is 11.9. The Morgan fingerprint density at radius 1 is 1.10 bits per heavy atom. The van der Waals surface area contributed by atoms with Gasteiger partial charge in [0.25, 0.3) is 0 Å². The minimum Gasteiger partial charge on any atom is -0.338 e. The number of H-pyrrole nitrogens is 1. The maximum Gasteiger partial charge on any atom is 0.416 e. The van der Waals surface area contributed by atoms with Gasteiger partial charge in [0.15, 0.2) is 0 Å². The molecule has 0 radical (unpaired) electrons. The van der Waals surface area contributed by atoms with Gasteiger partial charge >= 0.3 is 6.18 Å². The molecule has 21 heavy (non-hydrogen) atoms. The highest BCUT2D eigenvalue weighted by molar-refractivity contribution is 9.10. The molecule has 2 nitrogen and oxygen atoms in total. The maximum absolute atomic E-state index is 13.4. The summed E-state index contributed by atoms with van der Waals surface area (Å²) in [6, 6.07) is 7.52. The number of aromatic amines is 1. The summed E-state index contributed by atoms with van der Waals surface area (Å²) < 4.78 is 51.8. The summed E-state index contributed by atoms with van der Waals surface area (Å²) in [5, 5.41) is 0. The molecule has 108 valence electrons. The molecule has 0 amide bonds. The first-order valence-corrected chi connectivity index (χ1v) is 6.66. The van der Waals surface area contributed by atoms with E-state index < -0.39 is 17.6 Å². The molecule has 0 bridgehead atoms. The van der Waals surface area contributed by atoms with Gasteiger partial charge in [-0.25, -0.2) is 9.37 Å². The van der Waals surface area contributed by atoms with Crippen LogP contribution in [0.2, 0.25) is 0 Å². The number of alkyl halides is 3. The van der Waals surface area contributed by atoms with Crippen molar-refractivity contribution in [1.82, 2.24) is 9.97 Å². The van der Waals surface area contributed by atoms with Gasteiger partial charge < -0.3 is 4.98 Å². The number of imidazole rings is 1. The van der Waals surface area contributed by atoms with E-state index in [-0.39, 0.29) is 15.9 Å². The van der Waals surface area contributed by atoms with Crippen molar-refractivity contribution in [2.75, 3.05) is 0 Å². The van der Waals surface area contributed by atoms with E-state index >= 15 is 0 Å². The Hall–Kier alpha value is -1.89. The van der Waals surface area contributed by atoms with Crippen LogP contribution in [0.15, 0.2) is 40.9 Å². The van der Waals surface area contributed by atoms with Crippen molar-refractivity contribution in [3.8, 4) is 11.4 Å². The molecule has 1 N–H and O–H groups in total. The first-order valence-electron chi connectivity index (χ1n) is 5.87. The highest BCUT2D eigenvalue weighted by atomic mass is 79.9. The number of rotatable bonds is 1. The fourth-order valence-corrected chi connectivity index (χ4v) is 2.32. The number of nitrogens with zero attached hydrogens (tertiary/aromatic N) is 1. The summed E-state index contributed by atoms with van der Waals surface area (Å²) in [5.41, 5.74) is 0.421. The third-order valence-electron chi connectivity index (χ3n) is 2.99. The number of aromatic nitrogens is 2. The lowest BCUT2D eigenvalue weighted by Crippen LogP contribution is -2.04. The van der Waals surface area contributed by atoms with Crippen molar-refractivity contribution in [3.05, 3.63) is 52.3 Å². The average Bonchev–Trinajstić information content (AvgIpc) is 2.81. The maximum atomic E-state index is 13.4. The third-order valence-corrected chi connectivity index (χ3v) is 3.59. The molecular weight excluding hydrogens is 352 g/mol. The van der Waals surface area contributed by atoms with E-state index in [1.165, 1.54) is 24.3 Å². The van der Waals surface area contributed by atoms with E-state index in [1.807, 2.05) is 0 Å². The van der Waals surface area contributed by atoms with Crippen LogP contribution >= 0.6 is 15.9 Å². The van der Waals surface area contributed by atoms with Gasteiger partial charge in [-0.1, -0.05) is 12.1 Å². The molecule has 2 aromatic carbocycles. The van der Waals surface area contributed by atoms with E-state index in [0.29, 0.717) is 11.0 Å². The first kappa shape index (κ1) is 14.1. The highest BCUT2D eigenvalue weighted by Crippen LogP contribution is 2.32. The Morgan fingerprint density at radius 2 is 1.86 bits per heavy atom. The van der Waals surface area contributed by atoms with Crippen LogP contribution in [0.4, 0.5) is 17.6 Å². The average molecular weight is 359 g/mol. The zero-order chi connectivity index (χ0) is 15.2. The van der Waals surface area contributed by atoms with Crippen molar-refractivity contribution in [1.29, 1.82) is 0 Å². The molecule has 0 saturated heterocycles. The zero-order valence-electron chi connectivity index (χ0n) is 10.3. The topological polar surface area (TPSA) is 28.7 Å². The van der Waals surface area contributed by atoms with Gasteiger partial charge in [0.1, 0.15) is 11.6 Å². The number of fused-ring (bicyclic) bond motifs is 1. The standard InChI is InChI=1S/C14H7BrF4N2/c15-9-5-11-12(6-10(9)16)21-13(20-11)7-2-1-3-8(4-7)14(17,18)19/h1-6H,(H,20,21). The van der Waals surface area contributed by atoms with Crippen LogP contribution in [0.5, 0.6) is 0 Å². The smallest absolute Gasteiger partial charge is 0.338 e. The number of hydrogen-bond donors (Lipinski definition) is 1. The predicted molar refractivity (Wildman–Crippen MR) is 74.2 cm³/mol. The van der Waals surface area contributed by atoms with Crippen LogP contribution in [0.1, 0.15) is 5.56 Å². The molecule has 3 rings (SSSR count). The Labute approximate surface area is 124 Å². The fraction of sp³-hybridized carbons (Fsp3) is 0.0714. The first-order chi connectivity index (χ1) is 9.84. The van der Waals surface area contributed by atoms with Gasteiger partial charge in [-0.15, -0.1) is 0 Å². The van der Waals surface area contributed by atoms with E-state index in [1.54, 1.807) is 0 Å².